The van der Waals surface area contributed by atoms with Crippen molar-refractivity contribution < 1.29 is 4.79 Å². The van der Waals surface area contributed by atoms with Crippen molar-refractivity contribution in [2.75, 3.05) is 17.2 Å². The molecule has 0 aliphatic heterocycles. The van der Waals surface area contributed by atoms with Gasteiger partial charge in [0.1, 0.15) is 5.69 Å². The summed E-state index contributed by atoms with van der Waals surface area (Å²) in [6, 6.07) is 11.2. The number of hydrogen-bond acceptors (Lipinski definition) is 3. The maximum atomic E-state index is 12.0. The number of carbonyl (C=O) groups is 1. The minimum Gasteiger partial charge on any atom is -0.384 e. The monoisotopic (exact) mass is 255 g/mol. The number of rotatable bonds is 4. The molecule has 1 aromatic heterocycles. The molecule has 0 spiro atoms. The van der Waals surface area contributed by atoms with Crippen molar-refractivity contribution in [2.24, 2.45) is 0 Å². The lowest BCUT2D eigenvalue weighted by atomic mass is 10.2. The van der Waals surface area contributed by atoms with Gasteiger partial charge in [-0.2, -0.15) is 0 Å². The van der Waals surface area contributed by atoms with E-state index in [1.165, 1.54) is 0 Å². The van der Waals surface area contributed by atoms with Crippen LogP contribution in [0.2, 0.25) is 0 Å². The van der Waals surface area contributed by atoms with Gasteiger partial charge < -0.3 is 10.6 Å². The van der Waals surface area contributed by atoms with E-state index in [1.54, 1.807) is 12.3 Å². The van der Waals surface area contributed by atoms with Crippen LogP contribution in [0.15, 0.2) is 42.6 Å². The van der Waals surface area contributed by atoms with Gasteiger partial charge in [0.25, 0.3) is 5.91 Å². The van der Waals surface area contributed by atoms with Crippen LogP contribution in [0.5, 0.6) is 0 Å². The molecule has 98 valence electrons. The molecule has 19 heavy (non-hydrogen) atoms. The number of benzene rings is 1. The number of anilines is 2. The van der Waals surface area contributed by atoms with Crippen LogP contribution in [0.3, 0.4) is 0 Å². The predicted molar refractivity (Wildman–Crippen MR) is 77.5 cm³/mol. The first-order chi connectivity index (χ1) is 9.19. The highest BCUT2D eigenvalue weighted by Gasteiger charge is 2.07. The van der Waals surface area contributed by atoms with Crippen LogP contribution in [-0.4, -0.2) is 17.4 Å². The standard InChI is InChI=1S/C15H17N3O/c1-3-16-13-7-8-14(17-10-13)15(19)18-12-6-4-5-11(2)9-12/h4-10,16H,3H2,1-2H3,(H,18,19). The van der Waals surface area contributed by atoms with E-state index in [1.807, 2.05) is 44.2 Å². The molecule has 2 aromatic rings. The van der Waals surface area contributed by atoms with Gasteiger partial charge in [0, 0.05) is 12.2 Å². The molecule has 4 nitrogen and oxygen atoms in total. The summed E-state index contributed by atoms with van der Waals surface area (Å²) < 4.78 is 0. The molecule has 1 amide bonds. The molecule has 0 radical (unpaired) electrons. The van der Waals surface area contributed by atoms with E-state index in [-0.39, 0.29) is 5.91 Å². The van der Waals surface area contributed by atoms with Crippen LogP contribution < -0.4 is 10.6 Å². The molecule has 4 heteroatoms. The fourth-order valence-corrected chi connectivity index (χ4v) is 1.75. The van der Waals surface area contributed by atoms with E-state index in [2.05, 4.69) is 15.6 Å². The molecule has 0 fully saturated rings. The normalized spacial score (nSPS) is 10.0. The number of aromatic nitrogens is 1. The largest absolute Gasteiger partial charge is 0.384 e. The van der Waals surface area contributed by atoms with Crippen molar-refractivity contribution >= 4 is 17.3 Å². The highest BCUT2D eigenvalue weighted by molar-refractivity contribution is 6.02. The molecule has 0 atom stereocenters. The van der Waals surface area contributed by atoms with Crippen molar-refractivity contribution in [1.82, 2.24) is 4.98 Å². The average molecular weight is 255 g/mol. The summed E-state index contributed by atoms with van der Waals surface area (Å²) in [7, 11) is 0. The van der Waals surface area contributed by atoms with Crippen molar-refractivity contribution in [1.29, 1.82) is 0 Å². The highest BCUT2D eigenvalue weighted by atomic mass is 16.1. The maximum absolute atomic E-state index is 12.0. The molecule has 0 unspecified atom stereocenters. The summed E-state index contributed by atoms with van der Waals surface area (Å²) in [5.74, 6) is -0.200. The Bertz CT molecular complexity index is 564. The van der Waals surface area contributed by atoms with E-state index in [0.29, 0.717) is 5.69 Å². The molecule has 0 bridgehead atoms. The Hall–Kier alpha value is -2.36. The maximum Gasteiger partial charge on any atom is 0.274 e. The van der Waals surface area contributed by atoms with Gasteiger partial charge >= 0.3 is 0 Å². The molecule has 1 heterocycles. The fraction of sp³-hybridized carbons (Fsp3) is 0.200. The Morgan fingerprint density at radius 3 is 2.68 bits per heavy atom. The van der Waals surface area contributed by atoms with E-state index in [4.69, 9.17) is 0 Å². The fourth-order valence-electron chi connectivity index (χ4n) is 1.75. The lowest BCUT2D eigenvalue weighted by molar-refractivity contribution is 0.102. The zero-order valence-electron chi connectivity index (χ0n) is 11.1. The number of amides is 1. The first kappa shape index (κ1) is 13.1. The molecule has 0 aliphatic carbocycles. The quantitative estimate of drug-likeness (QED) is 0.882. The summed E-state index contributed by atoms with van der Waals surface area (Å²) in [6.07, 6.45) is 1.66. The second-order valence-corrected chi connectivity index (χ2v) is 4.29. The van der Waals surface area contributed by atoms with Crippen molar-refractivity contribution in [3.8, 4) is 0 Å². The summed E-state index contributed by atoms with van der Waals surface area (Å²) in [5.41, 5.74) is 3.20. The van der Waals surface area contributed by atoms with Crippen LogP contribution in [-0.2, 0) is 0 Å². The van der Waals surface area contributed by atoms with Crippen molar-refractivity contribution in [2.45, 2.75) is 13.8 Å². The molecule has 2 rings (SSSR count). The van der Waals surface area contributed by atoms with E-state index in [0.717, 1.165) is 23.5 Å². The molecule has 0 saturated carbocycles. The lowest BCUT2D eigenvalue weighted by Gasteiger charge is -2.06. The number of aryl methyl sites for hydroxylation is 1. The Morgan fingerprint density at radius 2 is 2.05 bits per heavy atom. The second-order valence-electron chi connectivity index (χ2n) is 4.29. The summed E-state index contributed by atoms with van der Waals surface area (Å²) in [5, 5.41) is 5.97. The Balaban J connectivity index is 2.07. The summed E-state index contributed by atoms with van der Waals surface area (Å²) in [4.78, 5) is 16.1. The van der Waals surface area contributed by atoms with Gasteiger partial charge in [0.2, 0.25) is 0 Å². The van der Waals surface area contributed by atoms with E-state index >= 15 is 0 Å². The van der Waals surface area contributed by atoms with Gasteiger partial charge in [-0.25, -0.2) is 4.98 Å². The SMILES string of the molecule is CCNc1ccc(C(=O)Nc2cccc(C)c2)nc1. The first-order valence-corrected chi connectivity index (χ1v) is 6.27. The third kappa shape index (κ3) is 3.55. The van der Waals surface area contributed by atoms with Crippen LogP contribution in [0.25, 0.3) is 0 Å². The van der Waals surface area contributed by atoms with Gasteiger partial charge in [-0.05, 0) is 43.7 Å². The van der Waals surface area contributed by atoms with Gasteiger partial charge in [-0.15, -0.1) is 0 Å². The first-order valence-electron chi connectivity index (χ1n) is 6.27. The Labute approximate surface area is 112 Å². The molecular formula is C15H17N3O. The van der Waals surface area contributed by atoms with Crippen molar-refractivity contribution in [3.05, 3.63) is 53.9 Å². The Kier molecular flexibility index (Phi) is 4.13. The van der Waals surface area contributed by atoms with Gasteiger partial charge in [-0.3, -0.25) is 4.79 Å². The smallest absolute Gasteiger partial charge is 0.274 e. The third-order valence-electron chi connectivity index (χ3n) is 2.65. The van der Waals surface area contributed by atoms with Crippen LogP contribution in [0, 0.1) is 6.92 Å². The summed E-state index contributed by atoms with van der Waals surface area (Å²) in [6.45, 7) is 4.83. The third-order valence-corrected chi connectivity index (χ3v) is 2.65. The summed E-state index contributed by atoms with van der Waals surface area (Å²) >= 11 is 0. The minimum absolute atomic E-state index is 0.200. The second kappa shape index (κ2) is 6.00. The van der Waals surface area contributed by atoms with E-state index in [9.17, 15) is 4.79 Å². The minimum atomic E-state index is -0.200. The van der Waals surface area contributed by atoms with Crippen LogP contribution in [0.4, 0.5) is 11.4 Å². The number of nitrogens with zero attached hydrogens (tertiary/aromatic N) is 1. The number of carbonyl (C=O) groups excluding carboxylic acids is 1. The van der Waals surface area contributed by atoms with Gasteiger partial charge in [0.15, 0.2) is 0 Å². The number of hydrogen-bond donors (Lipinski definition) is 2. The number of nitrogens with one attached hydrogen (secondary N) is 2. The zero-order chi connectivity index (χ0) is 13.7. The number of pyridine rings is 1. The topological polar surface area (TPSA) is 54.0 Å². The molecule has 0 aliphatic rings. The predicted octanol–water partition coefficient (Wildman–Crippen LogP) is 3.07. The van der Waals surface area contributed by atoms with Crippen LogP contribution in [0.1, 0.15) is 23.0 Å². The van der Waals surface area contributed by atoms with Crippen molar-refractivity contribution in [3.63, 3.8) is 0 Å². The average Bonchev–Trinajstić information content (AvgIpc) is 2.40. The van der Waals surface area contributed by atoms with Crippen LogP contribution >= 0.6 is 0 Å². The van der Waals surface area contributed by atoms with E-state index < -0.39 is 0 Å². The van der Waals surface area contributed by atoms with Gasteiger partial charge in [0.05, 0.1) is 11.9 Å². The highest BCUT2D eigenvalue weighted by Crippen LogP contribution is 2.12. The molecular weight excluding hydrogens is 238 g/mol. The zero-order valence-corrected chi connectivity index (χ0v) is 11.1. The lowest BCUT2D eigenvalue weighted by Crippen LogP contribution is -2.13. The molecule has 2 N–H and O–H groups in total. The molecule has 1 aromatic carbocycles. The Morgan fingerprint density at radius 1 is 1.21 bits per heavy atom. The van der Waals surface area contributed by atoms with Gasteiger partial charge in [-0.1, -0.05) is 12.1 Å². The molecule has 0 saturated heterocycles.